The highest BCUT2D eigenvalue weighted by Crippen LogP contribution is 2.19. The van der Waals surface area contributed by atoms with Gasteiger partial charge in [0.15, 0.2) is 6.10 Å². The maximum atomic E-state index is 12.3. The molecular formula is C19H24N2O4S. The third-order valence-corrected chi connectivity index (χ3v) is 5.26. The van der Waals surface area contributed by atoms with Gasteiger partial charge in [-0.25, -0.2) is 13.1 Å². The first-order valence-corrected chi connectivity index (χ1v) is 9.83. The lowest BCUT2D eigenvalue weighted by atomic mass is 10.2. The summed E-state index contributed by atoms with van der Waals surface area (Å²) in [5.74, 6) is 0.334. The largest absolute Gasteiger partial charge is 0.481 e. The van der Waals surface area contributed by atoms with Crippen LogP contribution in [0.5, 0.6) is 5.75 Å². The second-order valence-electron chi connectivity index (χ2n) is 6.32. The number of sulfonamides is 1. The zero-order valence-electron chi connectivity index (χ0n) is 15.3. The number of anilines is 1. The van der Waals surface area contributed by atoms with Gasteiger partial charge in [-0.15, -0.1) is 0 Å². The molecule has 140 valence electrons. The molecule has 1 amide bonds. The molecule has 6 nitrogen and oxygen atoms in total. The molecule has 0 aliphatic carbocycles. The van der Waals surface area contributed by atoms with Crippen LogP contribution in [-0.4, -0.2) is 26.5 Å². The zero-order chi connectivity index (χ0) is 19.3. The van der Waals surface area contributed by atoms with E-state index in [9.17, 15) is 13.2 Å². The Hall–Kier alpha value is -2.38. The number of hydrogen-bond donors (Lipinski definition) is 2. The SMILES string of the molecule is Cc1ccccc1O[C@H](C)C(=O)Nc1ccc(S(=O)(=O)NC(C)C)cc1. The standard InChI is InChI=1S/C19H24N2O4S/c1-13(2)21-26(23,24)17-11-9-16(10-12-17)20-19(22)15(4)25-18-8-6-5-7-14(18)3/h5-13,15,21H,1-4H3,(H,20,22)/t15-/m1/s1. The second-order valence-corrected chi connectivity index (χ2v) is 8.03. The average molecular weight is 376 g/mol. The quantitative estimate of drug-likeness (QED) is 0.778. The predicted octanol–water partition coefficient (Wildman–Crippen LogP) is 3.09. The fourth-order valence-electron chi connectivity index (χ4n) is 2.27. The highest BCUT2D eigenvalue weighted by atomic mass is 32.2. The molecule has 0 heterocycles. The molecule has 0 saturated heterocycles. The lowest BCUT2D eigenvalue weighted by Crippen LogP contribution is -2.31. The van der Waals surface area contributed by atoms with E-state index in [1.54, 1.807) is 39.0 Å². The molecule has 7 heteroatoms. The van der Waals surface area contributed by atoms with Gasteiger partial charge in [0.05, 0.1) is 4.90 Å². The van der Waals surface area contributed by atoms with Crippen molar-refractivity contribution in [1.29, 1.82) is 0 Å². The predicted molar refractivity (Wildman–Crippen MR) is 102 cm³/mol. The Kier molecular flexibility index (Phi) is 6.39. The second kappa shape index (κ2) is 8.33. The van der Waals surface area contributed by atoms with E-state index < -0.39 is 16.1 Å². The van der Waals surface area contributed by atoms with Gasteiger partial charge >= 0.3 is 0 Å². The number of carbonyl (C=O) groups excluding carboxylic acids is 1. The Morgan fingerprint density at radius 3 is 2.19 bits per heavy atom. The van der Waals surface area contributed by atoms with Crippen LogP contribution in [-0.2, 0) is 14.8 Å². The lowest BCUT2D eigenvalue weighted by molar-refractivity contribution is -0.122. The van der Waals surface area contributed by atoms with Crippen molar-refractivity contribution in [2.75, 3.05) is 5.32 Å². The molecule has 1 atom stereocenters. The van der Waals surface area contributed by atoms with Crippen molar-refractivity contribution in [3.8, 4) is 5.75 Å². The number of benzene rings is 2. The monoisotopic (exact) mass is 376 g/mol. The van der Waals surface area contributed by atoms with Crippen molar-refractivity contribution in [3.05, 3.63) is 54.1 Å². The summed E-state index contributed by atoms with van der Waals surface area (Å²) in [6.45, 7) is 7.07. The molecule has 2 rings (SSSR count). The summed E-state index contributed by atoms with van der Waals surface area (Å²) in [5, 5.41) is 2.72. The van der Waals surface area contributed by atoms with Gasteiger partial charge in [-0.2, -0.15) is 0 Å². The van der Waals surface area contributed by atoms with Crippen LogP contribution in [0.25, 0.3) is 0 Å². The minimum absolute atomic E-state index is 0.147. The maximum absolute atomic E-state index is 12.3. The Labute approximate surface area is 154 Å². The number of hydrogen-bond acceptors (Lipinski definition) is 4. The van der Waals surface area contributed by atoms with Crippen LogP contribution in [0.2, 0.25) is 0 Å². The van der Waals surface area contributed by atoms with Gasteiger partial charge in [0.1, 0.15) is 5.75 Å². The Morgan fingerprint density at radius 1 is 1.00 bits per heavy atom. The van der Waals surface area contributed by atoms with E-state index >= 15 is 0 Å². The molecule has 0 unspecified atom stereocenters. The normalized spacial score (nSPS) is 12.7. The summed E-state index contributed by atoms with van der Waals surface area (Å²) in [7, 11) is -3.55. The third-order valence-electron chi connectivity index (χ3n) is 3.59. The first-order valence-electron chi connectivity index (χ1n) is 8.34. The van der Waals surface area contributed by atoms with E-state index in [0.717, 1.165) is 5.56 Å². The molecular weight excluding hydrogens is 352 g/mol. The fourth-order valence-corrected chi connectivity index (χ4v) is 3.52. The average Bonchev–Trinajstić information content (AvgIpc) is 2.56. The van der Waals surface area contributed by atoms with Gasteiger partial charge in [-0.05, 0) is 63.6 Å². The van der Waals surface area contributed by atoms with Gasteiger partial charge in [-0.1, -0.05) is 18.2 Å². The fraction of sp³-hybridized carbons (Fsp3) is 0.316. The van der Waals surface area contributed by atoms with Crippen molar-refractivity contribution in [3.63, 3.8) is 0 Å². The van der Waals surface area contributed by atoms with E-state index in [1.807, 2.05) is 25.1 Å². The highest BCUT2D eigenvalue weighted by molar-refractivity contribution is 7.89. The summed E-state index contributed by atoms with van der Waals surface area (Å²) in [5.41, 5.74) is 1.44. The molecule has 26 heavy (non-hydrogen) atoms. The van der Waals surface area contributed by atoms with Crippen molar-refractivity contribution >= 4 is 21.6 Å². The molecule has 2 aromatic carbocycles. The minimum Gasteiger partial charge on any atom is -0.481 e. The third kappa shape index (κ3) is 5.31. The summed E-state index contributed by atoms with van der Waals surface area (Å²) in [6, 6.07) is 13.3. The Morgan fingerprint density at radius 2 is 1.62 bits per heavy atom. The van der Waals surface area contributed by atoms with Gasteiger partial charge in [-0.3, -0.25) is 4.79 Å². The molecule has 0 aromatic heterocycles. The van der Waals surface area contributed by atoms with Crippen LogP contribution >= 0.6 is 0 Å². The Bertz CT molecular complexity index is 861. The first-order chi connectivity index (χ1) is 12.2. The molecule has 0 aliphatic rings. The number of rotatable bonds is 7. The topological polar surface area (TPSA) is 84.5 Å². The maximum Gasteiger partial charge on any atom is 0.265 e. The summed E-state index contributed by atoms with van der Waals surface area (Å²) in [4.78, 5) is 12.4. The molecule has 0 radical (unpaired) electrons. The zero-order valence-corrected chi connectivity index (χ0v) is 16.1. The summed E-state index contributed by atoms with van der Waals surface area (Å²) < 4.78 is 32.4. The van der Waals surface area contributed by atoms with Crippen LogP contribution in [0.3, 0.4) is 0 Å². The molecule has 2 N–H and O–H groups in total. The van der Waals surface area contributed by atoms with Crippen molar-refractivity contribution in [2.45, 2.75) is 44.7 Å². The number of ether oxygens (including phenoxy) is 1. The number of amides is 1. The van der Waals surface area contributed by atoms with Gasteiger partial charge in [0.25, 0.3) is 5.91 Å². The molecule has 0 bridgehead atoms. The van der Waals surface area contributed by atoms with Gasteiger partial charge in [0.2, 0.25) is 10.0 Å². The van der Waals surface area contributed by atoms with E-state index in [0.29, 0.717) is 11.4 Å². The Balaban J connectivity index is 2.02. The molecule has 0 aliphatic heterocycles. The highest BCUT2D eigenvalue weighted by Gasteiger charge is 2.17. The van der Waals surface area contributed by atoms with E-state index in [4.69, 9.17) is 4.74 Å². The summed E-state index contributed by atoms with van der Waals surface area (Å²) in [6.07, 6.45) is -0.692. The van der Waals surface area contributed by atoms with Crippen molar-refractivity contribution < 1.29 is 17.9 Å². The van der Waals surface area contributed by atoms with Crippen LogP contribution in [0.1, 0.15) is 26.3 Å². The number of carbonyl (C=O) groups is 1. The molecule has 2 aromatic rings. The van der Waals surface area contributed by atoms with Crippen LogP contribution < -0.4 is 14.8 Å². The van der Waals surface area contributed by atoms with Crippen LogP contribution in [0, 0.1) is 6.92 Å². The number of aryl methyl sites for hydroxylation is 1. The van der Waals surface area contributed by atoms with Crippen molar-refractivity contribution in [2.24, 2.45) is 0 Å². The molecule has 0 saturated carbocycles. The van der Waals surface area contributed by atoms with Gasteiger partial charge < -0.3 is 10.1 Å². The van der Waals surface area contributed by atoms with E-state index in [1.165, 1.54) is 12.1 Å². The van der Waals surface area contributed by atoms with E-state index in [2.05, 4.69) is 10.0 Å². The molecule has 0 spiro atoms. The van der Waals surface area contributed by atoms with Crippen LogP contribution in [0.4, 0.5) is 5.69 Å². The van der Waals surface area contributed by atoms with Gasteiger partial charge in [0, 0.05) is 11.7 Å². The van der Waals surface area contributed by atoms with Crippen LogP contribution in [0.15, 0.2) is 53.4 Å². The summed E-state index contributed by atoms with van der Waals surface area (Å²) >= 11 is 0. The first kappa shape index (κ1) is 19.9. The van der Waals surface area contributed by atoms with E-state index in [-0.39, 0.29) is 16.8 Å². The number of para-hydroxylation sites is 1. The van der Waals surface area contributed by atoms with Crippen molar-refractivity contribution in [1.82, 2.24) is 4.72 Å². The smallest absolute Gasteiger partial charge is 0.265 e. The number of nitrogens with one attached hydrogen (secondary N) is 2. The molecule has 0 fully saturated rings. The lowest BCUT2D eigenvalue weighted by Gasteiger charge is -2.16. The minimum atomic E-state index is -3.55.